The van der Waals surface area contributed by atoms with Gasteiger partial charge >= 0.3 is 0 Å². The summed E-state index contributed by atoms with van der Waals surface area (Å²) >= 11 is 0. The Labute approximate surface area is 84.3 Å². The summed E-state index contributed by atoms with van der Waals surface area (Å²) in [5.41, 5.74) is 0. The van der Waals surface area contributed by atoms with E-state index in [0.29, 0.717) is 0 Å². The van der Waals surface area contributed by atoms with Crippen molar-refractivity contribution in [2.24, 2.45) is 11.8 Å². The van der Waals surface area contributed by atoms with Crippen LogP contribution < -0.4 is 5.32 Å². The van der Waals surface area contributed by atoms with Crippen LogP contribution >= 0.6 is 0 Å². The van der Waals surface area contributed by atoms with Gasteiger partial charge in [0, 0.05) is 0 Å². The lowest BCUT2D eigenvalue weighted by Gasteiger charge is -2.24. The van der Waals surface area contributed by atoms with Gasteiger partial charge in [-0.3, -0.25) is 0 Å². The van der Waals surface area contributed by atoms with Crippen LogP contribution in [0.5, 0.6) is 0 Å². The van der Waals surface area contributed by atoms with Crippen LogP contribution in [0.2, 0.25) is 0 Å². The number of nitrogens with one attached hydrogen (secondary N) is 1. The largest absolute Gasteiger partial charge is 0.317 e. The second-order valence-electron chi connectivity index (χ2n) is 3.94. The SMILES string of the molecule is CC.CCC(C)CC1CCNCC1. The molecule has 0 radical (unpaired) electrons. The molecular formula is C12H27N. The second kappa shape index (κ2) is 8.55. The highest BCUT2D eigenvalue weighted by Crippen LogP contribution is 2.22. The molecule has 1 saturated heterocycles. The maximum absolute atomic E-state index is 3.41. The van der Waals surface area contributed by atoms with Gasteiger partial charge in [-0.05, 0) is 44.2 Å². The Morgan fingerprint density at radius 3 is 2.23 bits per heavy atom. The second-order valence-corrected chi connectivity index (χ2v) is 3.94. The Hall–Kier alpha value is -0.0400. The molecule has 0 bridgehead atoms. The first kappa shape index (κ1) is 13.0. The van der Waals surface area contributed by atoms with Gasteiger partial charge in [0.1, 0.15) is 0 Å². The van der Waals surface area contributed by atoms with E-state index in [1.165, 1.54) is 38.8 Å². The highest BCUT2D eigenvalue weighted by Gasteiger charge is 2.14. The van der Waals surface area contributed by atoms with Crippen molar-refractivity contribution in [1.29, 1.82) is 0 Å². The van der Waals surface area contributed by atoms with Crippen LogP contribution in [0.25, 0.3) is 0 Å². The molecule has 1 heteroatoms. The topological polar surface area (TPSA) is 12.0 Å². The van der Waals surface area contributed by atoms with Crippen molar-refractivity contribution in [2.45, 2.75) is 53.4 Å². The molecule has 0 aromatic rings. The molecule has 1 N–H and O–H groups in total. The van der Waals surface area contributed by atoms with Crippen LogP contribution in [0.15, 0.2) is 0 Å². The van der Waals surface area contributed by atoms with Gasteiger partial charge in [-0.2, -0.15) is 0 Å². The number of piperidine rings is 1. The third-order valence-electron chi connectivity index (χ3n) is 2.89. The van der Waals surface area contributed by atoms with E-state index in [-0.39, 0.29) is 0 Å². The molecule has 0 saturated carbocycles. The number of rotatable bonds is 3. The summed E-state index contributed by atoms with van der Waals surface area (Å²) in [5, 5.41) is 3.41. The van der Waals surface area contributed by atoms with Crippen LogP contribution in [0, 0.1) is 11.8 Å². The van der Waals surface area contributed by atoms with Crippen LogP contribution in [0.3, 0.4) is 0 Å². The lowest BCUT2D eigenvalue weighted by Crippen LogP contribution is -2.28. The zero-order valence-electron chi connectivity index (χ0n) is 9.90. The Morgan fingerprint density at radius 1 is 1.23 bits per heavy atom. The van der Waals surface area contributed by atoms with Gasteiger partial charge < -0.3 is 5.32 Å². The summed E-state index contributed by atoms with van der Waals surface area (Å²) in [4.78, 5) is 0. The molecule has 0 aliphatic carbocycles. The van der Waals surface area contributed by atoms with Gasteiger partial charge in [0.15, 0.2) is 0 Å². The van der Waals surface area contributed by atoms with Gasteiger partial charge in [0.2, 0.25) is 0 Å². The molecule has 1 unspecified atom stereocenters. The van der Waals surface area contributed by atoms with Crippen molar-refractivity contribution >= 4 is 0 Å². The van der Waals surface area contributed by atoms with E-state index >= 15 is 0 Å². The summed E-state index contributed by atoms with van der Waals surface area (Å²) in [5.74, 6) is 1.96. The molecule has 0 aromatic carbocycles. The standard InChI is InChI=1S/C10H21N.C2H6/c1-3-9(2)8-10-4-6-11-7-5-10;1-2/h9-11H,3-8H2,1-2H3;1-2H3. The van der Waals surface area contributed by atoms with Crippen LogP contribution in [0.1, 0.15) is 53.4 Å². The third kappa shape index (κ3) is 6.09. The normalized spacial score (nSPS) is 20.3. The minimum atomic E-state index is 0.943. The van der Waals surface area contributed by atoms with Crippen molar-refractivity contribution in [3.8, 4) is 0 Å². The Balaban J connectivity index is 0.000000671. The van der Waals surface area contributed by atoms with Gasteiger partial charge in [-0.15, -0.1) is 0 Å². The van der Waals surface area contributed by atoms with E-state index in [9.17, 15) is 0 Å². The molecule has 1 heterocycles. The molecule has 13 heavy (non-hydrogen) atoms. The fraction of sp³-hybridized carbons (Fsp3) is 1.00. The molecule has 0 amide bonds. The summed E-state index contributed by atoms with van der Waals surface area (Å²) < 4.78 is 0. The molecule has 1 nitrogen and oxygen atoms in total. The fourth-order valence-corrected chi connectivity index (χ4v) is 1.85. The summed E-state index contributed by atoms with van der Waals surface area (Å²) in [6, 6.07) is 0. The smallest absolute Gasteiger partial charge is 0.00463 e. The number of hydrogen-bond acceptors (Lipinski definition) is 1. The summed E-state index contributed by atoms with van der Waals surface area (Å²) in [6.07, 6.45) is 5.62. The van der Waals surface area contributed by atoms with Gasteiger partial charge in [-0.25, -0.2) is 0 Å². The van der Waals surface area contributed by atoms with Crippen LogP contribution in [-0.2, 0) is 0 Å². The molecule has 0 aromatic heterocycles. The first-order valence-corrected chi connectivity index (χ1v) is 6.03. The molecule has 1 atom stereocenters. The average molecular weight is 185 g/mol. The van der Waals surface area contributed by atoms with E-state index in [1.54, 1.807) is 0 Å². The molecule has 1 rings (SSSR count). The van der Waals surface area contributed by atoms with E-state index in [2.05, 4.69) is 19.2 Å². The first-order chi connectivity index (χ1) is 6.33. The van der Waals surface area contributed by atoms with Gasteiger partial charge in [0.25, 0.3) is 0 Å². The molecule has 0 spiro atoms. The van der Waals surface area contributed by atoms with Crippen molar-refractivity contribution in [1.82, 2.24) is 5.32 Å². The Kier molecular flexibility index (Phi) is 8.53. The van der Waals surface area contributed by atoms with Crippen LogP contribution in [0.4, 0.5) is 0 Å². The minimum absolute atomic E-state index is 0.943. The van der Waals surface area contributed by atoms with Crippen molar-refractivity contribution < 1.29 is 0 Å². The quantitative estimate of drug-likeness (QED) is 0.710. The highest BCUT2D eigenvalue weighted by atomic mass is 14.9. The fourth-order valence-electron chi connectivity index (χ4n) is 1.85. The van der Waals surface area contributed by atoms with Crippen molar-refractivity contribution in [3.63, 3.8) is 0 Å². The highest BCUT2D eigenvalue weighted by molar-refractivity contribution is 4.70. The molecular weight excluding hydrogens is 158 g/mol. The lowest BCUT2D eigenvalue weighted by molar-refractivity contribution is 0.305. The molecule has 1 aliphatic rings. The van der Waals surface area contributed by atoms with E-state index < -0.39 is 0 Å². The zero-order chi connectivity index (χ0) is 10.1. The maximum Gasteiger partial charge on any atom is -0.00463 e. The first-order valence-electron chi connectivity index (χ1n) is 6.03. The Bertz CT molecular complexity index is 95.3. The predicted octanol–water partition coefficient (Wildman–Crippen LogP) is 3.45. The van der Waals surface area contributed by atoms with Crippen molar-refractivity contribution in [3.05, 3.63) is 0 Å². The number of hydrogen-bond donors (Lipinski definition) is 1. The molecule has 1 aliphatic heterocycles. The van der Waals surface area contributed by atoms with E-state index in [1.807, 2.05) is 13.8 Å². The maximum atomic E-state index is 3.41. The predicted molar refractivity (Wildman–Crippen MR) is 61.0 cm³/mol. The van der Waals surface area contributed by atoms with Gasteiger partial charge in [-0.1, -0.05) is 34.1 Å². The van der Waals surface area contributed by atoms with Gasteiger partial charge in [0.05, 0.1) is 0 Å². The van der Waals surface area contributed by atoms with E-state index in [4.69, 9.17) is 0 Å². The Morgan fingerprint density at radius 2 is 1.77 bits per heavy atom. The summed E-state index contributed by atoms with van der Waals surface area (Å²) in [7, 11) is 0. The third-order valence-corrected chi connectivity index (χ3v) is 2.89. The summed E-state index contributed by atoms with van der Waals surface area (Å²) in [6.45, 7) is 11.2. The minimum Gasteiger partial charge on any atom is -0.317 e. The monoisotopic (exact) mass is 185 g/mol. The average Bonchev–Trinajstić information content (AvgIpc) is 2.22. The van der Waals surface area contributed by atoms with Crippen molar-refractivity contribution in [2.75, 3.05) is 13.1 Å². The van der Waals surface area contributed by atoms with E-state index in [0.717, 1.165) is 11.8 Å². The van der Waals surface area contributed by atoms with Crippen LogP contribution in [-0.4, -0.2) is 13.1 Å². The molecule has 1 fully saturated rings. The molecule has 80 valence electrons. The lowest BCUT2D eigenvalue weighted by atomic mass is 9.88. The zero-order valence-corrected chi connectivity index (χ0v) is 9.90.